The normalized spacial score (nSPS) is 28.4. The van der Waals surface area contributed by atoms with Gasteiger partial charge in [0.15, 0.2) is 5.11 Å². The number of thiocarbonyl (C=S) groups is 1. The van der Waals surface area contributed by atoms with Gasteiger partial charge in [0.05, 0.1) is 11.6 Å². The molecule has 0 radical (unpaired) electrons. The van der Waals surface area contributed by atoms with E-state index >= 15 is 0 Å². The number of piperidine rings is 3. The molecule has 1 aromatic rings. The fraction of sp³-hybridized carbons (Fsp3) is 0.444. The molecule has 3 aliphatic heterocycles. The zero-order chi connectivity index (χ0) is 16.2. The highest BCUT2D eigenvalue weighted by Gasteiger charge is 2.38. The predicted molar refractivity (Wildman–Crippen MR) is 95.8 cm³/mol. The summed E-state index contributed by atoms with van der Waals surface area (Å²) in [7, 11) is 0. The van der Waals surface area contributed by atoms with E-state index in [0.717, 1.165) is 31.7 Å². The third-order valence-electron chi connectivity index (χ3n) is 4.86. The molecule has 118 valence electrons. The molecule has 3 aliphatic rings. The molecule has 3 saturated heterocycles. The van der Waals surface area contributed by atoms with E-state index in [1.165, 1.54) is 6.42 Å². The lowest BCUT2D eigenvalue weighted by Crippen LogP contribution is -2.56. The Morgan fingerprint density at radius 2 is 2.17 bits per heavy atom. The van der Waals surface area contributed by atoms with Crippen molar-refractivity contribution < 1.29 is 0 Å². The first-order chi connectivity index (χ1) is 11.2. The lowest BCUT2D eigenvalue weighted by atomic mass is 9.76. The molecule has 4 rings (SSSR count). The maximum atomic E-state index is 8.80. The van der Waals surface area contributed by atoms with Crippen LogP contribution in [-0.4, -0.2) is 35.7 Å². The summed E-state index contributed by atoms with van der Waals surface area (Å²) in [6.07, 6.45) is 8.00. The molecule has 2 bridgehead atoms. The number of nitrogens with zero attached hydrogens (tertiary/aromatic N) is 2. The summed E-state index contributed by atoms with van der Waals surface area (Å²) in [5.74, 6) is 4.02. The average molecular weight is 324 g/mol. The molecule has 4 nitrogen and oxygen atoms in total. The molecule has 0 spiro atoms. The number of anilines is 1. The van der Waals surface area contributed by atoms with E-state index in [1.807, 2.05) is 12.1 Å². The lowest BCUT2D eigenvalue weighted by molar-refractivity contribution is 0.0248. The van der Waals surface area contributed by atoms with Gasteiger partial charge in [-0.1, -0.05) is 0 Å². The lowest BCUT2D eigenvalue weighted by Gasteiger charge is -2.48. The number of nitrogens with one attached hydrogen (secondary N) is 2. The van der Waals surface area contributed by atoms with Crippen LogP contribution in [0.3, 0.4) is 0 Å². The maximum Gasteiger partial charge on any atom is 0.170 e. The molecule has 0 aliphatic carbocycles. The number of hydrogen-bond acceptors (Lipinski definition) is 3. The van der Waals surface area contributed by atoms with Crippen molar-refractivity contribution in [2.24, 2.45) is 11.8 Å². The van der Waals surface area contributed by atoms with Gasteiger partial charge in [-0.3, -0.25) is 4.90 Å². The van der Waals surface area contributed by atoms with Crippen molar-refractivity contribution in [3.63, 3.8) is 0 Å². The Morgan fingerprint density at radius 3 is 2.78 bits per heavy atom. The molecule has 5 heteroatoms. The zero-order valence-corrected chi connectivity index (χ0v) is 13.8. The summed E-state index contributed by atoms with van der Waals surface area (Å²) >= 11 is 5.36. The monoisotopic (exact) mass is 324 g/mol. The Labute approximate surface area is 142 Å². The number of fused-ring (bicyclic) bond motifs is 3. The molecule has 3 heterocycles. The molecule has 3 fully saturated rings. The third kappa shape index (κ3) is 3.64. The highest BCUT2D eigenvalue weighted by molar-refractivity contribution is 7.80. The van der Waals surface area contributed by atoms with Crippen LogP contribution >= 0.6 is 12.2 Å². The Balaban J connectivity index is 1.48. The van der Waals surface area contributed by atoms with E-state index in [9.17, 15) is 0 Å². The number of rotatable bonds is 3. The average Bonchev–Trinajstić information content (AvgIpc) is 2.61. The first kappa shape index (κ1) is 15.8. The van der Waals surface area contributed by atoms with Crippen molar-refractivity contribution in [1.29, 1.82) is 5.26 Å². The molecule has 0 saturated carbocycles. The standard InChI is InChI=1S/C18H20N4S/c1-2-14-12-22-8-7-15(14)9-17(22)11-20-18(23)21-16-5-3-13(10-19)4-6-16/h1,3-6,14-15,17H,7-9,11-12H2,(H2,20,21,23). The zero-order valence-electron chi connectivity index (χ0n) is 13.0. The van der Waals surface area contributed by atoms with Gasteiger partial charge in [0, 0.05) is 30.7 Å². The molecule has 2 N–H and O–H groups in total. The van der Waals surface area contributed by atoms with Crippen LogP contribution in [0.5, 0.6) is 0 Å². The second-order valence-electron chi connectivity index (χ2n) is 6.23. The first-order valence-corrected chi connectivity index (χ1v) is 8.35. The number of terminal acetylenes is 1. The molecular formula is C18H20N4S. The summed E-state index contributed by atoms with van der Waals surface area (Å²) in [5.41, 5.74) is 1.53. The summed E-state index contributed by atoms with van der Waals surface area (Å²) in [4.78, 5) is 2.49. The molecule has 4 unspecified atom stereocenters. The van der Waals surface area contributed by atoms with Gasteiger partial charge in [0.2, 0.25) is 0 Å². The Hall–Kier alpha value is -2.08. The van der Waals surface area contributed by atoms with Gasteiger partial charge in [-0.2, -0.15) is 5.26 Å². The predicted octanol–water partition coefficient (Wildman–Crippen LogP) is 2.19. The van der Waals surface area contributed by atoms with Gasteiger partial charge in [-0.15, -0.1) is 12.3 Å². The van der Waals surface area contributed by atoms with Gasteiger partial charge in [-0.05, 0) is 61.8 Å². The van der Waals surface area contributed by atoms with Gasteiger partial charge >= 0.3 is 0 Å². The minimum atomic E-state index is 0.420. The van der Waals surface area contributed by atoms with Crippen LogP contribution in [0.1, 0.15) is 18.4 Å². The van der Waals surface area contributed by atoms with Crippen molar-refractivity contribution in [2.45, 2.75) is 18.9 Å². The van der Waals surface area contributed by atoms with Crippen molar-refractivity contribution in [3.05, 3.63) is 29.8 Å². The van der Waals surface area contributed by atoms with E-state index in [2.05, 4.69) is 27.5 Å². The van der Waals surface area contributed by atoms with Crippen molar-refractivity contribution >= 4 is 23.0 Å². The van der Waals surface area contributed by atoms with Gasteiger partial charge in [-0.25, -0.2) is 0 Å². The first-order valence-electron chi connectivity index (χ1n) is 7.95. The summed E-state index contributed by atoms with van der Waals surface area (Å²) in [6, 6.07) is 9.88. The molecule has 1 aromatic carbocycles. The quantitative estimate of drug-likeness (QED) is 0.659. The SMILES string of the molecule is C#CC1CN2CCC1CC2CNC(=S)Nc1ccc(C#N)cc1. The smallest absolute Gasteiger partial charge is 0.170 e. The van der Waals surface area contributed by atoms with Crippen molar-refractivity contribution in [1.82, 2.24) is 10.2 Å². The molecule has 4 atom stereocenters. The van der Waals surface area contributed by atoms with Crippen LogP contribution in [0.25, 0.3) is 0 Å². The van der Waals surface area contributed by atoms with E-state index < -0.39 is 0 Å². The summed E-state index contributed by atoms with van der Waals surface area (Å²) < 4.78 is 0. The number of hydrogen-bond donors (Lipinski definition) is 2. The second kappa shape index (κ2) is 7.00. The molecular weight excluding hydrogens is 304 g/mol. The summed E-state index contributed by atoms with van der Waals surface area (Å²) in [5, 5.41) is 15.9. The maximum absolute atomic E-state index is 8.80. The Morgan fingerprint density at radius 1 is 1.39 bits per heavy atom. The Kier molecular flexibility index (Phi) is 4.81. The van der Waals surface area contributed by atoms with Crippen LogP contribution in [0.2, 0.25) is 0 Å². The van der Waals surface area contributed by atoms with Gasteiger partial charge in [0.1, 0.15) is 0 Å². The van der Waals surface area contributed by atoms with Crippen molar-refractivity contribution in [2.75, 3.05) is 25.0 Å². The minimum Gasteiger partial charge on any atom is -0.361 e. The highest BCUT2D eigenvalue weighted by atomic mass is 32.1. The van der Waals surface area contributed by atoms with E-state index in [-0.39, 0.29) is 0 Å². The molecule has 0 aromatic heterocycles. The van der Waals surface area contributed by atoms with Crippen LogP contribution in [-0.2, 0) is 0 Å². The number of nitriles is 1. The minimum absolute atomic E-state index is 0.420. The topological polar surface area (TPSA) is 51.1 Å². The summed E-state index contributed by atoms with van der Waals surface area (Å²) in [6.45, 7) is 3.00. The third-order valence-corrected chi connectivity index (χ3v) is 5.11. The van der Waals surface area contributed by atoms with E-state index in [0.29, 0.717) is 28.6 Å². The van der Waals surface area contributed by atoms with Gasteiger partial charge < -0.3 is 10.6 Å². The van der Waals surface area contributed by atoms with Crippen LogP contribution in [0, 0.1) is 35.5 Å². The Bertz CT molecular complexity index is 655. The van der Waals surface area contributed by atoms with E-state index in [4.69, 9.17) is 23.9 Å². The molecule has 23 heavy (non-hydrogen) atoms. The van der Waals surface area contributed by atoms with Gasteiger partial charge in [0.25, 0.3) is 0 Å². The fourth-order valence-electron chi connectivity index (χ4n) is 3.55. The molecule has 0 amide bonds. The van der Waals surface area contributed by atoms with Crippen molar-refractivity contribution in [3.8, 4) is 18.4 Å². The second-order valence-corrected chi connectivity index (χ2v) is 6.64. The largest absolute Gasteiger partial charge is 0.361 e. The van der Waals surface area contributed by atoms with Crippen LogP contribution in [0.4, 0.5) is 5.69 Å². The van der Waals surface area contributed by atoms with E-state index in [1.54, 1.807) is 12.1 Å². The number of benzene rings is 1. The van der Waals surface area contributed by atoms with Crippen LogP contribution < -0.4 is 10.6 Å². The fourth-order valence-corrected chi connectivity index (χ4v) is 3.75. The van der Waals surface area contributed by atoms with Crippen LogP contribution in [0.15, 0.2) is 24.3 Å². The highest BCUT2D eigenvalue weighted by Crippen LogP contribution is 2.35.